The second-order valence-corrected chi connectivity index (χ2v) is 6.08. The van der Waals surface area contributed by atoms with Crippen LogP contribution >= 0.6 is 11.6 Å². The first-order valence-corrected chi connectivity index (χ1v) is 8.94. The monoisotopic (exact) mass is 398 g/mol. The summed E-state index contributed by atoms with van der Waals surface area (Å²) in [5.74, 6) is 1.24. The van der Waals surface area contributed by atoms with Crippen LogP contribution in [0.15, 0.2) is 54.9 Å². The number of hydrogen-bond donors (Lipinski definition) is 2. The van der Waals surface area contributed by atoms with E-state index in [0.29, 0.717) is 40.3 Å². The summed E-state index contributed by atoms with van der Waals surface area (Å²) in [5, 5.41) is 6.44. The van der Waals surface area contributed by atoms with Crippen LogP contribution in [0.3, 0.4) is 0 Å². The largest absolute Gasteiger partial charge is 0.495 e. The number of hydrogen-bond acceptors (Lipinski definition) is 6. The number of benzene rings is 2. The summed E-state index contributed by atoms with van der Waals surface area (Å²) in [5.41, 5.74) is 1.39. The van der Waals surface area contributed by atoms with Crippen molar-refractivity contribution in [2.24, 2.45) is 0 Å². The number of nitrogens with one attached hydrogen (secondary N) is 2. The Morgan fingerprint density at radius 1 is 1.07 bits per heavy atom. The van der Waals surface area contributed by atoms with Crippen molar-refractivity contribution < 1.29 is 14.3 Å². The van der Waals surface area contributed by atoms with Crippen LogP contribution in [0, 0.1) is 0 Å². The summed E-state index contributed by atoms with van der Waals surface area (Å²) in [6, 6.07) is 13.9. The smallest absolute Gasteiger partial charge is 0.274 e. The molecule has 0 radical (unpaired) electrons. The molecule has 0 unspecified atom stereocenters. The molecule has 7 nitrogen and oxygen atoms in total. The first-order valence-electron chi connectivity index (χ1n) is 8.56. The number of nitrogens with zero attached hydrogens (tertiary/aromatic N) is 2. The lowest BCUT2D eigenvalue weighted by molar-refractivity contribution is 0.102. The Morgan fingerprint density at radius 3 is 2.68 bits per heavy atom. The van der Waals surface area contributed by atoms with Gasteiger partial charge in [0.2, 0.25) is 0 Å². The van der Waals surface area contributed by atoms with Gasteiger partial charge in [0, 0.05) is 11.1 Å². The van der Waals surface area contributed by atoms with Crippen molar-refractivity contribution >= 4 is 34.7 Å². The molecule has 28 heavy (non-hydrogen) atoms. The minimum absolute atomic E-state index is 0.199. The quantitative estimate of drug-likeness (QED) is 0.608. The van der Waals surface area contributed by atoms with E-state index in [2.05, 4.69) is 20.6 Å². The number of ether oxygens (including phenoxy) is 2. The van der Waals surface area contributed by atoms with E-state index in [4.69, 9.17) is 21.1 Å². The Morgan fingerprint density at radius 2 is 1.89 bits per heavy atom. The van der Waals surface area contributed by atoms with Gasteiger partial charge >= 0.3 is 0 Å². The van der Waals surface area contributed by atoms with Crippen molar-refractivity contribution in [1.29, 1.82) is 0 Å². The Hall–Kier alpha value is -3.32. The predicted molar refractivity (Wildman–Crippen MR) is 109 cm³/mol. The predicted octanol–water partition coefficient (Wildman–Crippen LogP) is 4.53. The van der Waals surface area contributed by atoms with Crippen molar-refractivity contribution in [3.63, 3.8) is 0 Å². The molecular formula is C20H19ClN4O3. The van der Waals surface area contributed by atoms with E-state index in [-0.39, 0.29) is 11.6 Å². The molecule has 0 aliphatic rings. The highest BCUT2D eigenvalue weighted by molar-refractivity contribution is 6.31. The van der Waals surface area contributed by atoms with E-state index < -0.39 is 0 Å². The molecule has 1 amide bonds. The minimum atomic E-state index is -0.379. The molecule has 3 rings (SSSR count). The van der Waals surface area contributed by atoms with Gasteiger partial charge in [0.15, 0.2) is 0 Å². The molecule has 0 spiro atoms. The van der Waals surface area contributed by atoms with Gasteiger partial charge in [-0.1, -0.05) is 23.7 Å². The molecule has 0 saturated heterocycles. The molecule has 2 aromatic carbocycles. The fourth-order valence-electron chi connectivity index (χ4n) is 2.50. The molecule has 0 aliphatic heterocycles. The average molecular weight is 399 g/mol. The first kappa shape index (κ1) is 19.4. The highest BCUT2D eigenvalue weighted by Crippen LogP contribution is 2.30. The number of halogens is 1. The lowest BCUT2D eigenvalue weighted by Gasteiger charge is -2.12. The third-order valence-corrected chi connectivity index (χ3v) is 3.99. The Kier molecular flexibility index (Phi) is 6.29. The molecule has 3 aromatic rings. The molecule has 1 heterocycles. The van der Waals surface area contributed by atoms with Crippen molar-refractivity contribution in [3.8, 4) is 11.5 Å². The van der Waals surface area contributed by atoms with Crippen molar-refractivity contribution in [3.05, 3.63) is 65.6 Å². The van der Waals surface area contributed by atoms with Crippen LogP contribution in [0.25, 0.3) is 0 Å². The molecular weight excluding hydrogens is 380 g/mol. The third-order valence-electron chi connectivity index (χ3n) is 3.76. The number of anilines is 3. The van der Waals surface area contributed by atoms with Crippen LogP contribution in [0.2, 0.25) is 5.02 Å². The normalized spacial score (nSPS) is 10.2. The van der Waals surface area contributed by atoms with E-state index in [1.54, 1.807) is 43.5 Å². The number of rotatable bonds is 7. The Balaban J connectivity index is 1.80. The second-order valence-electron chi connectivity index (χ2n) is 5.64. The van der Waals surface area contributed by atoms with Gasteiger partial charge in [0.05, 0.1) is 25.1 Å². The minimum Gasteiger partial charge on any atom is -0.495 e. The maximum absolute atomic E-state index is 12.6. The molecule has 0 saturated carbocycles. The molecule has 8 heteroatoms. The number of amides is 1. The molecule has 144 valence electrons. The molecule has 0 bridgehead atoms. The van der Waals surface area contributed by atoms with E-state index in [9.17, 15) is 4.79 Å². The molecule has 0 aliphatic carbocycles. The Bertz CT molecular complexity index is 981. The number of carbonyl (C=O) groups is 1. The zero-order valence-electron chi connectivity index (χ0n) is 15.4. The van der Waals surface area contributed by atoms with Crippen molar-refractivity contribution in [1.82, 2.24) is 9.97 Å². The standard InChI is InChI=1S/C20H19ClN4O3/c1-3-28-18-7-5-4-6-14(18)25-20(26)16-11-19(23-12-22-16)24-15-10-13(21)8-9-17(15)27-2/h4-12H,3H2,1-2H3,(H,25,26)(H,22,23,24). The van der Waals surface area contributed by atoms with Gasteiger partial charge < -0.3 is 20.1 Å². The molecule has 0 fully saturated rings. The van der Waals surface area contributed by atoms with Gasteiger partial charge in [-0.2, -0.15) is 0 Å². The number of para-hydroxylation sites is 2. The summed E-state index contributed by atoms with van der Waals surface area (Å²) in [6.07, 6.45) is 1.31. The first-order chi connectivity index (χ1) is 13.6. The lowest BCUT2D eigenvalue weighted by atomic mass is 10.2. The van der Waals surface area contributed by atoms with Gasteiger partial charge in [-0.3, -0.25) is 4.79 Å². The third kappa shape index (κ3) is 4.69. The van der Waals surface area contributed by atoms with Gasteiger partial charge in [-0.25, -0.2) is 9.97 Å². The van der Waals surface area contributed by atoms with Crippen molar-refractivity contribution in [2.75, 3.05) is 24.4 Å². The summed E-state index contributed by atoms with van der Waals surface area (Å²) < 4.78 is 10.8. The second kappa shape index (κ2) is 9.05. The average Bonchev–Trinajstić information content (AvgIpc) is 2.70. The van der Waals surface area contributed by atoms with Crippen LogP contribution < -0.4 is 20.1 Å². The zero-order valence-corrected chi connectivity index (χ0v) is 16.2. The highest BCUT2D eigenvalue weighted by atomic mass is 35.5. The zero-order chi connectivity index (χ0) is 19.9. The summed E-state index contributed by atoms with van der Waals surface area (Å²) in [7, 11) is 1.56. The van der Waals surface area contributed by atoms with Crippen LogP contribution in [0.5, 0.6) is 11.5 Å². The highest BCUT2D eigenvalue weighted by Gasteiger charge is 2.13. The molecule has 0 atom stereocenters. The maximum Gasteiger partial charge on any atom is 0.274 e. The summed E-state index contributed by atoms with van der Waals surface area (Å²) >= 11 is 6.05. The maximum atomic E-state index is 12.6. The van der Waals surface area contributed by atoms with E-state index >= 15 is 0 Å². The van der Waals surface area contributed by atoms with Gasteiger partial charge in [-0.05, 0) is 37.3 Å². The van der Waals surface area contributed by atoms with Crippen molar-refractivity contribution in [2.45, 2.75) is 6.92 Å². The number of methoxy groups -OCH3 is 1. The van der Waals surface area contributed by atoms with E-state index in [1.165, 1.54) is 6.33 Å². The fourth-order valence-corrected chi connectivity index (χ4v) is 2.68. The van der Waals surface area contributed by atoms with Crippen LogP contribution in [0.1, 0.15) is 17.4 Å². The van der Waals surface area contributed by atoms with Gasteiger partial charge in [0.25, 0.3) is 5.91 Å². The van der Waals surface area contributed by atoms with E-state index in [0.717, 1.165) is 0 Å². The Labute approximate surface area is 167 Å². The summed E-state index contributed by atoms with van der Waals surface area (Å²) in [4.78, 5) is 20.8. The summed E-state index contributed by atoms with van der Waals surface area (Å²) in [6.45, 7) is 2.38. The molecule has 1 aromatic heterocycles. The van der Waals surface area contributed by atoms with Gasteiger partial charge in [-0.15, -0.1) is 0 Å². The topological polar surface area (TPSA) is 85.4 Å². The number of aromatic nitrogens is 2. The SMILES string of the molecule is CCOc1ccccc1NC(=O)c1cc(Nc2cc(Cl)ccc2OC)ncn1. The van der Waals surface area contributed by atoms with Crippen LogP contribution in [-0.4, -0.2) is 29.6 Å². The molecule has 2 N–H and O–H groups in total. The van der Waals surface area contributed by atoms with E-state index in [1.807, 2.05) is 19.1 Å². The van der Waals surface area contributed by atoms with Crippen LogP contribution in [0.4, 0.5) is 17.2 Å². The number of carbonyl (C=O) groups excluding carboxylic acids is 1. The van der Waals surface area contributed by atoms with Crippen LogP contribution in [-0.2, 0) is 0 Å². The lowest BCUT2D eigenvalue weighted by Crippen LogP contribution is -2.15. The fraction of sp³-hybridized carbons (Fsp3) is 0.150. The van der Waals surface area contributed by atoms with Gasteiger partial charge in [0.1, 0.15) is 29.3 Å².